The summed E-state index contributed by atoms with van der Waals surface area (Å²) in [6.45, 7) is 19.3. The Morgan fingerprint density at radius 3 is 1.67 bits per heavy atom. The molecule has 39 heavy (non-hydrogen) atoms. The van der Waals surface area contributed by atoms with E-state index in [2.05, 4.69) is 105 Å². The molecule has 0 fully saturated rings. The van der Waals surface area contributed by atoms with E-state index >= 15 is 0 Å². The molecular formula is C31H37N7Pt. The normalized spacial score (nSPS) is 12.0. The van der Waals surface area contributed by atoms with Crippen LogP contribution in [0, 0.1) is 0 Å². The van der Waals surface area contributed by atoms with Gasteiger partial charge in [0.2, 0.25) is 0 Å². The molecule has 5 heterocycles. The van der Waals surface area contributed by atoms with Crippen molar-refractivity contribution < 1.29 is 21.1 Å². The van der Waals surface area contributed by atoms with Gasteiger partial charge in [0.15, 0.2) is 0 Å². The second-order valence-electron chi connectivity index (χ2n) is 12.7. The van der Waals surface area contributed by atoms with Crippen molar-refractivity contribution in [2.24, 2.45) is 0 Å². The average molecular weight is 703 g/mol. The van der Waals surface area contributed by atoms with Crippen molar-refractivity contribution in [3.63, 3.8) is 0 Å². The van der Waals surface area contributed by atoms with E-state index in [0.29, 0.717) is 0 Å². The molecule has 0 amide bonds. The minimum Gasteiger partial charge on any atom is -0.573 e. The summed E-state index contributed by atoms with van der Waals surface area (Å²) in [6, 6.07) is 12.1. The number of rotatable bonds is 2. The van der Waals surface area contributed by atoms with Crippen molar-refractivity contribution in [2.45, 2.75) is 78.6 Å². The fourth-order valence-corrected chi connectivity index (χ4v) is 3.84. The van der Waals surface area contributed by atoms with Crippen molar-refractivity contribution in [3.8, 4) is 22.8 Å². The van der Waals surface area contributed by atoms with Gasteiger partial charge in [0, 0.05) is 57.8 Å². The Morgan fingerprint density at radius 2 is 1.15 bits per heavy atom. The van der Waals surface area contributed by atoms with Gasteiger partial charge in [-0.05, 0) is 35.2 Å². The standard InChI is InChI=1S/C22H24N6.C9H13N.Pt/c1-21(2,3)18-10-16(25-27-18)15-9-13-12-23-8-7-14(13)20(24-15)17-11-19(28-26-17)22(4,5)6;1-9(2,3)8-4-6-10-7-5-8;/h7-12H,1-6H3;4-7H,1-3H3;/q-2;;+2. The number of pyridine rings is 3. The van der Waals surface area contributed by atoms with Crippen LogP contribution >= 0.6 is 0 Å². The molecule has 0 aromatic carbocycles. The maximum atomic E-state index is 4.90. The molecule has 8 heteroatoms. The Kier molecular flexibility index (Phi) is 8.96. The summed E-state index contributed by atoms with van der Waals surface area (Å²) in [4.78, 5) is 13.1. The quantitative estimate of drug-likeness (QED) is 0.204. The van der Waals surface area contributed by atoms with E-state index in [0.717, 1.165) is 44.9 Å². The predicted octanol–water partition coefficient (Wildman–Crippen LogP) is 6.64. The van der Waals surface area contributed by atoms with E-state index in [1.54, 1.807) is 6.20 Å². The maximum Gasteiger partial charge on any atom is 2.00 e. The van der Waals surface area contributed by atoms with Gasteiger partial charge in [-0.15, -0.1) is 0 Å². The number of hydrogen-bond donors (Lipinski definition) is 0. The minimum absolute atomic E-state index is 0. The van der Waals surface area contributed by atoms with Crippen LogP contribution in [0.15, 0.2) is 61.2 Å². The minimum atomic E-state index is -0.0705. The molecule has 0 aliphatic carbocycles. The van der Waals surface area contributed by atoms with Crippen LogP contribution in [-0.2, 0) is 37.3 Å². The second kappa shape index (κ2) is 11.5. The SMILES string of the molecule is CC(C)(C)c1cc(-c2cc3cnccc3c(-c3cc(C(C)(C)C)n[n-]3)n2)[n-]n1.CC(C)(C)c1ccncc1.[Pt+2]. The molecule has 0 spiro atoms. The Bertz CT molecular complexity index is 1510. The van der Waals surface area contributed by atoms with Crippen molar-refractivity contribution in [3.05, 3.63) is 78.1 Å². The third kappa shape index (κ3) is 7.27. The van der Waals surface area contributed by atoms with Gasteiger partial charge in [-0.25, -0.2) is 0 Å². The fraction of sp³-hybridized carbons (Fsp3) is 0.387. The van der Waals surface area contributed by atoms with Gasteiger partial charge in [0.25, 0.3) is 0 Å². The van der Waals surface area contributed by atoms with Crippen LogP contribution in [0.1, 0.15) is 79.3 Å². The van der Waals surface area contributed by atoms with E-state index in [4.69, 9.17) is 4.98 Å². The van der Waals surface area contributed by atoms with Crippen LogP contribution in [0.4, 0.5) is 0 Å². The van der Waals surface area contributed by atoms with Gasteiger partial charge in [-0.1, -0.05) is 85.8 Å². The molecule has 0 radical (unpaired) electrons. The van der Waals surface area contributed by atoms with Crippen molar-refractivity contribution in [2.75, 3.05) is 0 Å². The Labute approximate surface area is 246 Å². The molecule has 5 aromatic heterocycles. The summed E-state index contributed by atoms with van der Waals surface area (Å²) in [5, 5.41) is 19.5. The van der Waals surface area contributed by atoms with Crippen LogP contribution < -0.4 is 10.2 Å². The van der Waals surface area contributed by atoms with Gasteiger partial charge >= 0.3 is 21.1 Å². The van der Waals surface area contributed by atoms with Crippen LogP contribution in [0.25, 0.3) is 33.5 Å². The van der Waals surface area contributed by atoms with E-state index in [9.17, 15) is 0 Å². The molecule has 5 aromatic rings. The maximum absolute atomic E-state index is 4.90. The first kappa shape index (κ1) is 30.4. The Balaban J connectivity index is 0.000000324. The molecule has 7 nitrogen and oxygen atoms in total. The number of fused-ring (bicyclic) bond motifs is 1. The number of nitrogens with zero attached hydrogens (tertiary/aromatic N) is 7. The van der Waals surface area contributed by atoms with E-state index in [1.807, 2.05) is 42.9 Å². The van der Waals surface area contributed by atoms with Gasteiger partial charge in [-0.3, -0.25) is 15.0 Å². The Hall–Kier alpha value is -3.18. The van der Waals surface area contributed by atoms with Crippen LogP contribution in [-0.4, -0.2) is 25.1 Å². The molecule has 206 valence electrons. The Morgan fingerprint density at radius 1 is 0.615 bits per heavy atom. The molecule has 0 aliphatic heterocycles. The molecular weight excluding hydrogens is 665 g/mol. The van der Waals surface area contributed by atoms with E-state index in [1.165, 1.54) is 5.56 Å². The van der Waals surface area contributed by atoms with Crippen molar-refractivity contribution >= 4 is 10.8 Å². The van der Waals surface area contributed by atoms with Gasteiger partial charge in [0.05, 0.1) is 11.4 Å². The zero-order valence-corrected chi connectivity index (χ0v) is 26.5. The monoisotopic (exact) mass is 702 g/mol. The topological polar surface area (TPSA) is 92.7 Å². The molecule has 0 aliphatic rings. The van der Waals surface area contributed by atoms with E-state index < -0.39 is 0 Å². The molecule has 0 N–H and O–H groups in total. The summed E-state index contributed by atoms with van der Waals surface area (Å²) in [5.41, 5.74) is 6.42. The molecule has 0 saturated carbocycles. The van der Waals surface area contributed by atoms with Crippen LogP contribution in [0.2, 0.25) is 0 Å². The van der Waals surface area contributed by atoms with E-state index in [-0.39, 0.29) is 37.3 Å². The molecule has 0 atom stereocenters. The smallest absolute Gasteiger partial charge is 0.573 e. The fourth-order valence-electron chi connectivity index (χ4n) is 3.84. The van der Waals surface area contributed by atoms with Crippen LogP contribution in [0.5, 0.6) is 0 Å². The van der Waals surface area contributed by atoms with Gasteiger partial charge < -0.3 is 20.4 Å². The summed E-state index contributed by atoms with van der Waals surface area (Å²) in [6.07, 6.45) is 7.28. The predicted molar refractivity (Wildman–Crippen MR) is 153 cm³/mol. The molecule has 0 saturated heterocycles. The molecule has 5 rings (SSSR count). The molecule has 0 bridgehead atoms. The zero-order valence-electron chi connectivity index (χ0n) is 24.2. The summed E-state index contributed by atoms with van der Waals surface area (Å²) < 4.78 is 0. The van der Waals surface area contributed by atoms with Crippen molar-refractivity contribution in [1.82, 2.24) is 35.3 Å². The summed E-state index contributed by atoms with van der Waals surface area (Å²) in [7, 11) is 0. The summed E-state index contributed by atoms with van der Waals surface area (Å²) in [5.74, 6) is 0. The number of hydrogen-bond acceptors (Lipinski definition) is 5. The third-order valence-corrected chi connectivity index (χ3v) is 6.30. The van der Waals surface area contributed by atoms with Gasteiger partial charge in [0.1, 0.15) is 0 Å². The van der Waals surface area contributed by atoms with Crippen LogP contribution in [0.3, 0.4) is 0 Å². The zero-order chi connectivity index (χ0) is 27.7. The van der Waals surface area contributed by atoms with Crippen molar-refractivity contribution in [1.29, 1.82) is 0 Å². The summed E-state index contributed by atoms with van der Waals surface area (Å²) >= 11 is 0. The first-order valence-electron chi connectivity index (χ1n) is 12.9. The average Bonchev–Trinajstić information content (AvgIpc) is 3.54. The third-order valence-electron chi connectivity index (χ3n) is 6.30. The first-order valence-corrected chi connectivity index (χ1v) is 12.9. The number of aromatic nitrogens is 7. The largest absolute Gasteiger partial charge is 2.00 e. The first-order chi connectivity index (χ1) is 17.7. The second-order valence-corrected chi connectivity index (χ2v) is 12.7. The molecule has 0 unspecified atom stereocenters. The van der Waals surface area contributed by atoms with Gasteiger partial charge in [-0.2, -0.15) is 0 Å².